The molecule has 1 aliphatic carbocycles. The fourth-order valence-corrected chi connectivity index (χ4v) is 2.26. The topological polar surface area (TPSA) is 65.5 Å². The molecule has 1 aromatic heterocycles. The molecule has 0 saturated heterocycles. The van der Waals surface area contributed by atoms with Crippen LogP contribution in [-0.4, -0.2) is 47.1 Å². The van der Waals surface area contributed by atoms with E-state index in [4.69, 9.17) is 5.11 Å². The van der Waals surface area contributed by atoms with E-state index >= 15 is 0 Å². The Morgan fingerprint density at radius 1 is 1.58 bits per heavy atom. The van der Waals surface area contributed by atoms with Crippen molar-refractivity contribution in [2.24, 2.45) is 0 Å². The van der Waals surface area contributed by atoms with Gasteiger partial charge in [0.1, 0.15) is 5.82 Å². The van der Waals surface area contributed by atoms with Gasteiger partial charge >= 0.3 is 0 Å². The van der Waals surface area contributed by atoms with Gasteiger partial charge < -0.3 is 15.3 Å². The van der Waals surface area contributed by atoms with Gasteiger partial charge in [-0.25, -0.2) is 4.98 Å². The van der Waals surface area contributed by atoms with Crippen LogP contribution in [0.4, 0.5) is 5.82 Å². The Kier molecular flexibility index (Phi) is 4.74. The molecule has 5 heteroatoms. The fraction of sp³-hybridized carbons (Fsp3) is 0.571. The minimum Gasteiger partial charge on any atom is -0.396 e. The van der Waals surface area contributed by atoms with Crippen molar-refractivity contribution >= 4 is 11.7 Å². The second-order valence-electron chi connectivity index (χ2n) is 4.84. The highest BCUT2D eigenvalue weighted by atomic mass is 16.3. The molecule has 2 rings (SSSR count). The van der Waals surface area contributed by atoms with Crippen molar-refractivity contribution in [1.82, 2.24) is 9.88 Å². The third kappa shape index (κ3) is 3.23. The van der Waals surface area contributed by atoms with Crippen molar-refractivity contribution in [2.75, 3.05) is 25.5 Å². The second-order valence-corrected chi connectivity index (χ2v) is 4.84. The SMILES string of the molecule is CNc1cc(C(=O)N(CCCO)C2CCC2)ccn1. The molecule has 0 unspecified atom stereocenters. The van der Waals surface area contributed by atoms with E-state index in [1.54, 1.807) is 25.4 Å². The fourth-order valence-electron chi connectivity index (χ4n) is 2.26. The van der Waals surface area contributed by atoms with Crippen molar-refractivity contribution in [3.63, 3.8) is 0 Å². The van der Waals surface area contributed by atoms with Gasteiger partial charge in [0.15, 0.2) is 0 Å². The van der Waals surface area contributed by atoms with Crippen molar-refractivity contribution in [2.45, 2.75) is 31.7 Å². The van der Waals surface area contributed by atoms with Crippen molar-refractivity contribution in [3.8, 4) is 0 Å². The third-order valence-corrected chi connectivity index (χ3v) is 3.60. The molecule has 0 aliphatic heterocycles. The maximum Gasteiger partial charge on any atom is 0.254 e. The molecule has 5 nitrogen and oxygen atoms in total. The van der Waals surface area contributed by atoms with Gasteiger partial charge in [-0.1, -0.05) is 0 Å². The van der Waals surface area contributed by atoms with Crippen molar-refractivity contribution in [3.05, 3.63) is 23.9 Å². The molecule has 0 atom stereocenters. The van der Waals surface area contributed by atoms with Crippen LogP contribution in [0.15, 0.2) is 18.3 Å². The number of carbonyl (C=O) groups excluding carboxylic acids is 1. The van der Waals surface area contributed by atoms with Gasteiger partial charge in [-0.3, -0.25) is 4.79 Å². The number of amides is 1. The molecule has 1 aromatic rings. The summed E-state index contributed by atoms with van der Waals surface area (Å²) in [7, 11) is 1.78. The Hall–Kier alpha value is -1.62. The minimum atomic E-state index is 0.0389. The molecule has 1 saturated carbocycles. The molecule has 0 bridgehead atoms. The van der Waals surface area contributed by atoms with Gasteiger partial charge in [0.05, 0.1) is 0 Å². The predicted octanol–water partition coefficient (Wildman–Crippen LogP) is 1.50. The van der Waals surface area contributed by atoms with Gasteiger partial charge in [0.2, 0.25) is 0 Å². The predicted molar refractivity (Wildman–Crippen MR) is 74.2 cm³/mol. The Labute approximate surface area is 113 Å². The zero-order valence-corrected chi connectivity index (χ0v) is 11.3. The van der Waals surface area contributed by atoms with Crippen LogP contribution in [0.5, 0.6) is 0 Å². The lowest BCUT2D eigenvalue weighted by molar-refractivity contribution is 0.0562. The van der Waals surface area contributed by atoms with Crippen molar-refractivity contribution < 1.29 is 9.90 Å². The summed E-state index contributed by atoms with van der Waals surface area (Å²) < 4.78 is 0. The van der Waals surface area contributed by atoms with Crippen LogP contribution in [0.1, 0.15) is 36.0 Å². The standard InChI is InChI=1S/C14H21N3O2/c1-15-13-10-11(6-7-16-13)14(19)17(8-3-9-18)12-4-2-5-12/h6-7,10,12,18H,2-5,8-9H2,1H3,(H,15,16). The van der Waals surface area contributed by atoms with E-state index in [-0.39, 0.29) is 12.5 Å². The molecule has 0 radical (unpaired) electrons. The van der Waals surface area contributed by atoms with Crippen LogP contribution < -0.4 is 5.32 Å². The number of carbonyl (C=O) groups is 1. The molecule has 1 aliphatic rings. The molecular formula is C14H21N3O2. The van der Waals surface area contributed by atoms with E-state index < -0.39 is 0 Å². The Morgan fingerprint density at radius 2 is 2.37 bits per heavy atom. The minimum absolute atomic E-state index is 0.0389. The number of aliphatic hydroxyl groups is 1. The summed E-state index contributed by atoms with van der Waals surface area (Å²) in [6, 6.07) is 3.85. The first kappa shape index (κ1) is 13.8. The number of pyridine rings is 1. The molecule has 1 fully saturated rings. The van der Waals surface area contributed by atoms with Gasteiger partial charge in [0, 0.05) is 38.0 Å². The zero-order chi connectivity index (χ0) is 13.7. The van der Waals surface area contributed by atoms with Crippen LogP contribution in [0.2, 0.25) is 0 Å². The summed E-state index contributed by atoms with van der Waals surface area (Å²) in [6.07, 6.45) is 5.60. The number of anilines is 1. The van der Waals surface area contributed by atoms with E-state index in [1.807, 2.05) is 4.90 Å². The number of nitrogens with zero attached hydrogens (tertiary/aromatic N) is 2. The van der Waals surface area contributed by atoms with E-state index in [1.165, 1.54) is 6.42 Å². The zero-order valence-electron chi connectivity index (χ0n) is 11.3. The summed E-state index contributed by atoms with van der Waals surface area (Å²) >= 11 is 0. The first-order chi connectivity index (χ1) is 9.26. The van der Waals surface area contributed by atoms with Crippen LogP contribution in [0.3, 0.4) is 0 Å². The molecule has 0 aromatic carbocycles. The maximum absolute atomic E-state index is 12.5. The van der Waals surface area contributed by atoms with Gasteiger partial charge in [0.25, 0.3) is 5.91 Å². The highest BCUT2D eigenvalue weighted by Crippen LogP contribution is 2.26. The largest absolute Gasteiger partial charge is 0.396 e. The number of nitrogens with one attached hydrogen (secondary N) is 1. The summed E-state index contributed by atoms with van der Waals surface area (Å²) in [4.78, 5) is 18.6. The van der Waals surface area contributed by atoms with Crippen LogP contribution in [0, 0.1) is 0 Å². The van der Waals surface area contributed by atoms with Crippen LogP contribution >= 0.6 is 0 Å². The lowest BCUT2D eigenvalue weighted by Gasteiger charge is -2.37. The van der Waals surface area contributed by atoms with Gasteiger partial charge in [-0.2, -0.15) is 0 Å². The number of aromatic nitrogens is 1. The maximum atomic E-state index is 12.5. The second kappa shape index (κ2) is 6.52. The molecule has 1 heterocycles. The quantitative estimate of drug-likeness (QED) is 0.816. The molecule has 0 spiro atoms. The number of aliphatic hydroxyl groups excluding tert-OH is 1. The van der Waals surface area contributed by atoms with Gasteiger partial charge in [-0.15, -0.1) is 0 Å². The van der Waals surface area contributed by atoms with E-state index in [9.17, 15) is 4.79 Å². The first-order valence-corrected chi connectivity index (χ1v) is 6.82. The Morgan fingerprint density at radius 3 is 2.95 bits per heavy atom. The normalized spacial score (nSPS) is 14.8. The molecule has 1 amide bonds. The van der Waals surface area contributed by atoms with Crippen LogP contribution in [0.25, 0.3) is 0 Å². The Balaban J connectivity index is 2.12. The lowest BCUT2D eigenvalue weighted by Crippen LogP contribution is -2.45. The van der Waals surface area contributed by atoms with Crippen LogP contribution in [-0.2, 0) is 0 Å². The van der Waals surface area contributed by atoms with E-state index in [0.29, 0.717) is 30.4 Å². The first-order valence-electron chi connectivity index (χ1n) is 6.82. The van der Waals surface area contributed by atoms with Crippen molar-refractivity contribution in [1.29, 1.82) is 0 Å². The van der Waals surface area contributed by atoms with E-state index in [0.717, 1.165) is 12.8 Å². The molecule has 2 N–H and O–H groups in total. The summed E-state index contributed by atoms with van der Waals surface area (Å²) in [5.41, 5.74) is 0.657. The Bertz CT molecular complexity index is 432. The van der Waals surface area contributed by atoms with Gasteiger partial charge in [-0.05, 0) is 37.8 Å². The highest BCUT2D eigenvalue weighted by Gasteiger charge is 2.29. The average molecular weight is 263 g/mol. The number of hydrogen-bond donors (Lipinski definition) is 2. The summed E-state index contributed by atoms with van der Waals surface area (Å²) in [5.74, 6) is 0.735. The third-order valence-electron chi connectivity index (χ3n) is 3.60. The van der Waals surface area contributed by atoms with E-state index in [2.05, 4.69) is 10.3 Å². The molecular weight excluding hydrogens is 242 g/mol. The number of hydrogen-bond acceptors (Lipinski definition) is 4. The summed E-state index contributed by atoms with van der Waals surface area (Å²) in [5, 5.41) is 11.9. The lowest BCUT2D eigenvalue weighted by atomic mass is 9.91. The number of rotatable bonds is 6. The molecule has 19 heavy (non-hydrogen) atoms. The average Bonchev–Trinajstić information content (AvgIpc) is 2.40. The highest BCUT2D eigenvalue weighted by molar-refractivity contribution is 5.95. The smallest absolute Gasteiger partial charge is 0.254 e. The molecule has 104 valence electrons. The monoisotopic (exact) mass is 263 g/mol. The summed E-state index contributed by atoms with van der Waals surface area (Å²) in [6.45, 7) is 0.742.